The first-order valence-electron chi connectivity index (χ1n) is 11.3. The summed E-state index contributed by atoms with van der Waals surface area (Å²) in [6.45, 7) is 7.74. The molecule has 0 spiro atoms. The van der Waals surface area contributed by atoms with Crippen LogP contribution in [0.2, 0.25) is 0 Å². The molecule has 2 atom stereocenters. The summed E-state index contributed by atoms with van der Waals surface area (Å²) in [5.74, 6) is 1.90. The molecule has 32 heavy (non-hydrogen) atoms. The molecule has 0 saturated carbocycles. The predicted octanol–water partition coefficient (Wildman–Crippen LogP) is 2.89. The van der Waals surface area contributed by atoms with Gasteiger partial charge in [0.25, 0.3) is 5.89 Å². The Morgan fingerprint density at radius 3 is 2.81 bits per heavy atom. The predicted molar refractivity (Wildman–Crippen MR) is 125 cm³/mol. The van der Waals surface area contributed by atoms with Crippen LogP contribution in [0.1, 0.15) is 31.7 Å². The lowest BCUT2D eigenvalue weighted by Crippen LogP contribution is -2.44. The van der Waals surface area contributed by atoms with E-state index in [4.69, 9.17) is 9.52 Å². The minimum atomic E-state index is 0.368. The maximum atomic E-state index is 5.33. The van der Waals surface area contributed by atoms with Gasteiger partial charge in [-0.05, 0) is 38.0 Å². The lowest BCUT2D eigenvalue weighted by atomic mass is 10.2. The first-order valence-corrected chi connectivity index (χ1v) is 11.3. The molecule has 0 aliphatic carbocycles. The van der Waals surface area contributed by atoms with Crippen molar-refractivity contribution in [1.29, 1.82) is 0 Å². The highest BCUT2D eigenvalue weighted by atomic mass is 16.5. The number of aromatic nitrogens is 3. The molecule has 1 fully saturated rings. The fraction of sp³-hybridized carbons (Fsp3) is 0.417. The summed E-state index contributed by atoms with van der Waals surface area (Å²) in [7, 11) is 0. The number of guanidine groups is 1. The third kappa shape index (κ3) is 5.91. The molecular weight excluding hydrogens is 402 g/mol. The molecule has 1 saturated heterocycles. The van der Waals surface area contributed by atoms with Gasteiger partial charge in [0.15, 0.2) is 11.8 Å². The van der Waals surface area contributed by atoms with E-state index in [1.807, 2.05) is 18.2 Å². The fourth-order valence-corrected chi connectivity index (χ4v) is 3.97. The van der Waals surface area contributed by atoms with Gasteiger partial charge in [-0.1, -0.05) is 41.6 Å². The van der Waals surface area contributed by atoms with Gasteiger partial charge in [0.2, 0.25) is 0 Å². The van der Waals surface area contributed by atoms with Gasteiger partial charge in [0.1, 0.15) is 5.69 Å². The van der Waals surface area contributed by atoms with E-state index in [0.717, 1.165) is 32.0 Å². The Hall–Kier alpha value is -3.26. The van der Waals surface area contributed by atoms with Crippen LogP contribution in [-0.2, 0) is 13.0 Å². The lowest BCUT2D eigenvalue weighted by molar-refractivity contribution is 0.258. The fourth-order valence-electron chi connectivity index (χ4n) is 3.97. The molecule has 3 aromatic rings. The van der Waals surface area contributed by atoms with Crippen LogP contribution in [0, 0.1) is 0 Å². The van der Waals surface area contributed by atoms with E-state index < -0.39 is 0 Å². The third-order valence-corrected chi connectivity index (χ3v) is 5.57. The molecule has 8 nitrogen and oxygen atoms in total. The van der Waals surface area contributed by atoms with Crippen LogP contribution in [-0.4, -0.2) is 57.7 Å². The van der Waals surface area contributed by atoms with Gasteiger partial charge in [-0.2, -0.15) is 4.98 Å². The smallest absolute Gasteiger partial charge is 0.276 e. The summed E-state index contributed by atoms with van der Waals surface area (Å²) >= 11 is 0. The van der Waals surface area contributed by atoms with E-state index in [1.54, 1.807) is 6.20 Å². The van der Waals surface area contributed by atoms with E-state index in [0.29, 0.717) is 42.5 Å². The molecule has 2 aromatic heterocycles. The van der Waals surface area contributed by atoms with E-state index in [2.05, 4.69) is 74.8 Å². The molecule has 3 heterocycles. The zero-order valence-corrected chi connectivity index (χ0v) is 18.7. The number of benzene rings is 1. The first kappa shape index (κ1) is 22.0. The van der Waals surface area contributed by atoms with Gasteiger partial charge in [-0.15, -0.1) is 0 Å². The zero-order chi connectivity index (χ0) is 22.2. The highest BCUT2D eigenvalue weighted by molar-refractivity contribution is 5.80. The number of hydrogen-bond acceptors (Lipinski definition) is 6. The quantitative estimate of drug-likeness (QED) is 0.417. The van der Waals surface area contributed by atoms with Gasteiger partial charge in [-0.3, -0.25) is 14.9 Å². The number of aliphatic imine (C=N–C) groups is 1. The average Bonchev–Trinajstić information content (AvgIpc) is 3.42. The van der Waals surface area contributed by atoms with E-state index in [-0.39, 0.29) is 0 Å². The molecule has 2 unspecified atom stereocenters. The number of hydrogen-bond donors (Lipinski definition) is 2. The molecule has 1 aliphatic rings. The van der Waals surface area contributed by atoms with Crippen LogP contribution in [0.25, 0.3) is 11.6 Å². The van der Waals surface area contributed by atoms with Gasteiger partial charge in [-0.25, -0.2) is 0 Å². The highest BCUT2D eigenvalue weighted by Crippen LogP contribution is 2.20. The van der Waals surface area contributed by atoms with Crippen LogP contribution in [0.5, 0.6) is 0 Å². The molecule has 2 N–H and O–H groups in total. The Bertz CT molecular complexity index is 990. The van der Waals surface area contributed by atoms with Crippen molar-refractivity contribution >= 4 is 5.96 Å². The van der Waals surface area contributed by atoms with Crippen LogP contribution in [0.3, 0.4) is 0 Å². The molecule has 0 radical (unpaired) electrons. The maximum Gasteiger partial charge on any atom is 0.276 e. The second-order valence-corrected chi connectivity index (χ2v) is 8.08. The zero-order valence-electron chi connectivity index (χ0n) is 18.7. The lowest BCUT2D eigenvalue weighted by Gasteiger charge is -2.21. The Labute approximate surface area is 189 Å². The monoisotopic (exact) mass is 433 g/mol. The van der Waals surface area contributed by atoms with Gasteiger partial charge >= 0.3 is 0 Å². The molecule has 1 aliphatic heterocycles. The van der Waals surface area contributed by atoms with E-state index in [1.165, 1.54) is 5.56 Å². The first-order chi connectivity index (χ1) is 15.7. The van der Waals surface area contributed by atoms with Crippen molar-refractivity contribution in [1.82, 2.24) is 30.7 Å². The van der Waals surface area contributed by atoms with Crippen molar-refractivity contribution in [2.45, 2.75) is 45.3 Å². The van der Waals surface area contributed by atoms with Gasteiger partial charge in [0, 0.05) is 50.9 Å². The normalized spacial score (nSPS) is 19.2. The number of rotatable bonds is 8. The highest BCUT2D eigenvalue weighted by Gasteiger charge is 2.29. The van der Waals surface area contributed by atoms with Crippen molar-refractivity contribution in [2.24, 2.45) is 4.99 Å². The largest absolute Gasteiger partial charge is 0.357 e. The number of likely N-dealkylation sites (tertiary alicyclic amines) is 1. The molecular formula is C24H31N7O. The molecule has 1 aromatic carbocycles. The van der Waals surface area contributed by atoms with Gasteiger partial charge < -0.3 is 15.2 Å². The van der Waals surface area contributed by atoms with Crippen molar-refractivity contribution in [3.05, 3.63) is 66.1 Å². The second kappa shape index (κ2) is 10.9. The van der Waals surface area contributed by atoms with Crippen LogP contribution < -0.4 is 10.6 Å². The molecule has 0 amide bonds. The number of nitrogens with zero attached hydrogens (tertiary/aromatic N) is 5. The Kier molecular flexibility index (Phi) is 7.45. The van der Waals surface area contributed by atoms with Crippen molar-refractivity contribution < 1.29 is 4.52 Å². The number of pyridine rings is 1. The minimum Gasteiger partial charge on any atom is -0.357 e. The Morgan fingerprint density at radius 1 is 1.19 bits per heavy atom. The summed E-state index contributed by atoms with van der Waals surface area (Å²) in [4.78, 5) is 15.9. The van der Waals surface area contributed by atoms with E-state index >= 15 is 0 Å². The van der Waals surface area contributed by atoms with E-state index in [9.17, 15) is 0 Å². The Morgan fingerprint density at radius 2 is 2.03 bits per heavy atom. The summed E-state index contributed by atoms with van der Waals surface area (Å²) < 4.78 is 5.33. The Balaban J connectivity index is 1.30. The third-order valence-electron chi connectivity index (χ3n) is 5.57. The molecule has 168 valence electrons. The van der Waals surface area contributed by atoms with Crippen molar-refractivity contribution in [3.8, 4) is 11.6 Å². The maximum absolute atomic E-state index is 5.33. The summed E-state index contributed by atoms with van der Waals surface area (Å²) in [6.07, 6.45) is 3.41. The summed E-state index contributed by atoms with van der Waals surface area (Å²) in [6, 6.07) is 17.2. The van der Waals surface area contributed by atoms with Crippen molar-refractivity contribution in [2.75, 3.05) is 19.6 Å². The molecule has 8 heteroatoms. The van der Waals surface area contributed by atoms with Crippen LogP contribution in [0.4, 0.5) is 0 Å². The van der Waals surface area contributed by atoms with Crippen LogP contribution in [0.15, 0.2) is 64.2 Å². The SMILES string of the molecule is CCNC(=NCCc1noc(-c2ccccn2)n1)NC1CC(C)N(Cc2ccccc2)C1. The van der Waals surface area contributed by atoms with Crippen molar-refractivity contribution in [3.63, 3.8) is 0 Å². The van der Waals surface area contributed by atoms with Gasteiger partial charge in [0.05, 0.1) is 0 Å². The number of nitrogens with one attached hydrogen (secondary N) is 2. The molecule has 4 rings (SSSR count). The summed E-state index contributed by atoms with van der Waals surface area (Å²) in [5, 5.41) is 11.0. The second-order valence-electron chi connectivity index (χ2n) is 8.08. The topological polar surface area (TPSA) is 91.5 Å². The van der Waals surface area contributed by atoms with Crippen LogP contribution >= 0.6 is 0 Å². The minimum absolute atomic E-state index is 0.368. The summed E-state index contributed by atoms with van der Waals surface area (Å²) in [5.41, 5.74) is 2.03. The standard InChI is InChI=1S/C24H31N7O/c1-3-25-24(27-14-12-22-29-23(32-30-22)21-11-7-8-13-26-21)28-20-15-18(2)31(17-20)16-19-9-5-4-6-10-19/h4-11,13,18,20H,3,12,14-17H2,1-2H3,(H2,25,27,28). The average molecular weight is 434 g/mol. The molecule has 0 bridgehead atoms.